The van der Waals surface area contributed by atoms with E-state index in [2.05, 4.69) is 15.0 Å². The van der Waals surface area contributed by atoms with Gasteiger partial charge in [0, 0.05) is 18.1 Å². The van der Waals surface area contributed by atoms with Crippen LogP contribution in [0.3, 0.4) is 0 Å². The van der Waals surface area contributed by atoms with E-state index in [0.717, 1.165) is 17.2 Å². The van der Waals surface area contributed by atoms with Gasteiger partial charge in [-0.3, -0.25) is 4.98 Å². The van der Waals surface area contributed by atoms with Crippen LogP contribution in [-0.2, 0) is 0 Å². The van der Waals surface area contributed by atoms with E-state index in [-0.39, 0.29) is 0 Å². The molecular weight excluding hydrogens is 150 g/mol. The molecule has 3 heteroatoms. The van der Waals surface area contributed by atoms with Crippen LogP contribution in [-0.4, -0.2) is 15.0 Å². The zero-order chi connectivity index (χ0) is 8.39. The van der Waals surface area contributed by atoms with Gasteiger partial charge in [-0.2, -0.15) is 0 Å². The Labute approximate surface area is 70.5 Å². The Balaban J connectivity index is 2.45. The van der Waals surface area contributed by atoms with Crippen LogP contribution in [0.2, 0.25) is 0 Å². The molecule has 60 valence electrons. The Hall–Kier alpha value is -1.64. The minimum absolute atomic E-state index is 0.827. The first-order chi connectivity index (χ1) is 5.86. The Morgan fingerprint density at radius 3 is 2.75 bits per heavy atom. The molecule has 12 heavy (non-hydrogen) atoms. The van der Waals surface area contributed by atoms with Crippen LogP contribution in [0.25, 0.3) is 11.5 Å². The van der Waals surface area contributed by atoms with Crippen molar-refractivity contribution in [2.45, 2.75) is 6.92 Å². The van der Waals surface area contributed by atoms with Crippen molar-refractivity contribution >= 4 is 0 Å². The molecule has 0 unspecified atom stereocenters. The molecule has 2 heterocycles. The molecule has 0 saturated carbocycles. The first-order valence-electron chi connectivity index (χ1n) is 3.79. The Morgan fingerprint density at radius 1 is 1.25 bits per heavy atom. The van der Waals surface area contributed by atoms with E-state index in [1.807, 2.05) is 25.1 Å². The number of aromatic nitrogens is 3. The highest BCUT2D eigenvalue weighted by molar-refractivity contribution is 5.48. The molecule has 2 aromatic rings. The summed E-state index contributed by atoms with van der Waals surface area (Å²) >= 11 is 0. The fourth-order valence-electron chi connectivity index (χ4n) is 1.05. The molecule has 0 radical (unpaired) electrons. The summed E-state index contributed by atoms with van der Waals surface area (Å²) in [6, 6.07) is 5.76. The maximum atomic E-state index is 4.17. The zero-order valence-electron chi connectivity index (χ0n) is 6.78. The van der Waals surface area contributed by atoms with Crippen LogP contribution < -0.4 is 0 Å². The van der Waals surface area contributed by atoms with Crippen LogP contribution >= 0.6 is 0 Å². The largest absolute Gasteiger partial charge is 0.341 e. The fourth-order valence-corrected chi connectivity index (χ4v) is 1.05. The van der Waals surface area contributed by atoms with Crippen molar-refractivity contribution < 1.29 is 0 Å². The van der Waals surface area contributed by atoms with Gasteiger partial charge < -0.3 is 4.98 Å². The topological polar surface area (TPSA) is 41.6 Å². The van der Waals surface area contributed by atoms with Crippen LogP contribution in [0, 0.1) is 6.92 Å². The first-order valence-corrected chi connectivity index (χ1v) is 3.79. The molecule has 0 aliphatic rings. The molecule has 0 aliphatic heterocycles. The molecule has 2 rings (SSSR count). The highest BCUT2D eigenvalue weighted by Gasteiger charge is 1.99. The lowest BCUT2D eigenvalue weighted by Gasteiger charge is -1.92. The van der Waals surface area contributed by atoms with Crippen molar-refractivity contribution in [1.29, 1.82) is 0 Å². The summed E-state index contributed by atoms with van der Waals surface area (Å²) in [5.74, 6) is 0.827. The lowest BCUT2D eigenvalue weighted by atomic mass is 10.3. The van der Waals surface area contributed by atoms with E-state index >= 15 is 0 Å². The Kier molecular flexibility index (Phi) is 1.63. The van der Waals surface area contributed by atoms with Crippen LogP contribution in [0.5, 0.6) is 0 Å². The van der Waals surface area contributed by atoms with Gasteiger partial charge in [0.05, 0.1) is 0 Å². The SMILES string of the molecule is Cc1cnc(-c2ccccn2)[nH]1. The highest BCUT2D eigenvalue weighted by Crippen LogP contribution is 2.10. The number of imidazole rings is 1. The molecule has 0 fully saturated rings. The normalized spacial score (nSPS) is 10.1. The molecule has 0 aliphatic carbocycles. The molecule has 1 N–H and O–H groups in total. The second kappa shape index (κ2) is 2.77. The van der Waals surface area contributed by atoms with E-state index in [9.17, 15) is 0 Å². The second-order valence-electron chi connectivity index (χ2n) is 2.63. The van der Waals surface area contributed by atoms with Crippen molar-refractivity contribution in [2.24, 2.45) is 0 Å². The summed E-state index contributed by atoms with van der Waals surface area (Å²) in [5.41, 5.74) is 1.93. The van der Waals surface area contributed by atoms with E-state index < -0.39 is 0 Å². The van der Waals surface area contributed by atoms with E-state index in [0.29, 0.717) is 0 Å². The van der Waals surface area contributed by atoms with E-state index in [1.165, 1.54) is 0 Å². The van der Waals surface area contributed by atoms with Gasteiger partial charge in [0.15, 0.2) is 5.82 Å². The summed E-state index contributed by atoms with van der Waals surface area (Å²) in [6.07, 6.45) is 3.55. The lowest BCUT2D eigenvalue weighted by molar-refractivity contribution is 1.20. The molecule has 0 aromatic carbocycles. The van der Waals surface area contributed by atoms with Gasteiger partial charge in [-0.1, -0.05) is 6.07 Å². The van der Waals surface area contributed by atoms with E-state index in [4.69, 9.17) is 0 Å². The van der Waals surface area contributed by atoms with Crippen LogP contribution in [0.1, 0.15) is 5.69 Å². The highest BCUT2D eigenvalue weighted by atomic mass is 14.9. The van der Waals surface area contributed by atoms with Crippen LogP contribution in [0.15, 0.2) is 30.6 Å². The second-order valence-corrected chi connectivity index (χ2v) is 2.63. The molecule has 2 aromatic heterocycles. The predicted octanol–water partition coefficient (Wildman–Crippen LogP) is 1.78. The maximum absolute atomic E-state index is 4.17. The summed E-state index contributed by atoms with van der Waals surface area (Å²) in [7, 11) is 0. The third kappa shape index (κ3) is 1.21. The zero-order valence-corrected chi connectivity index (χ0v) is 6.78. The number of hydrogen-bond acceptors (Lipinski definition) is 2. The minimum atomic E-state index is 0.827. The van der Waals surface area contributed by atoms with E-state index in [1.54, 1.807) is 12.4 Å². The summed E-state index contributed by atoms with van der Waals surface area (Å²) in [4.78, 5) is 11.5. The van der Waals surface area contributed by atoms with Crippen molar-refractivity contribution in [3.8, 4) is 11.5 Å². The van der Waals surface area contributed by atoms with Crippen molar-refractivity contribution in [1.82, 2.24) is 15.0 Å². The van der Waals surface area contributed by atoms with Crippen molar-refractivity contribution in [2.75, 3.05) is 0 Å². The number of hydrogen-bond donors (Lipinski definition) is 1. The maximum Gasteiger partial charge on any atom is 0.156 e. The van der Waals surface area contributed by atoms with Crippen molar-refractivity contribution in [3.05, 3.63) is 36.3 Å². The predicted molar refractivity (Wildman–Crippen MR) is 46.6 cm³/mol. The third-order valence-electron chi connectivity index (χ3n) is 1.61. The number of pyridine rings is 1. The van der Waals surface area contributed by atoms with Gasteiger partial charge in [0.25, 0.3) is 0 Å². The number of aromatic amines is 1. The first kappa shape index (κ1) is 7.03. The van der Waals surface area contributed by atoms with Gasteiger partial charge in [-0.15, -0.1) is 0 Å². The molecule has 3 nitrogen and oxygen atoms in total. The Morgan fingerprint density at radius 2 is 2.17 bits per heavy atom. The quantitative estimate of drug-likeness (QED) is 0.689. The van der Waals surface area contributed by atoms with Gasteiger partial charge in [-0.25, -0.2) is 4.98 Å². The summed E-state index contributed by atoms with van der Waals surface area (Å²) in [5, 5.41) is 0. The average Bonchev–Trinajstić information content (AvgIpc) is 2.54. The molecule has 0 atom stereocenters. The minimum Gasteiger partial charge on any atom is -0.341 e. The number of aryl methyl sites for hydroxylation is 1. The molecule has 0 bridgehead atoms. The van der Waals surface area contributed by atoms with Crippen molar-refractivity contribution in [3.63, 3.8) is 0 Å². The standard InChI is InChI=1S/C9H9N3/c1-7-6-11-9(12-7)8-4-2-3-5-10-8/h2-6H,1H3,(H,11,12). The average molecular weight is 159 g/mol. The lowest BCUT2D eigenvalue weighted by Crippen LogP contribution is -1.83. The molecule has 0 spiro atoms. The summed E-state index contributed by atoms with van der Waals surface area (Å²) in [6.45, 7) is 1.97. The smallest absolute Gasteiger partial charge is 0.156 e. The van der Waals surface area contributed by atoms with Crippen LogP contribution in [0.4, 0.5) is 0 Å². The number of rotatable bonds is 1. The molecule has 0 amide bonds. The molecule has 0 saturated heterocycles. The van der Waals surface area contributed by atoms with Gasteiger partial charge in [-0.05, 0) is 19.1 Å². The third-order valence-corrected chi connectivity index (χ3v) is 1.61. The van der Waals surface area contributed by atoms with Gasteiger partial charge in [0.1, 0.15) is 5.69 Å². The monoisotopic (exact) mass is 159 g/mol. The number of nitrogens with one attached hydrogen (secondary N) is 1. The van der Waals surface area contributed by atoms with Gasteiger partial charge >= 0.3 is 0 Å². The Bertz CT molecular complexity index is 364. The summed E-state index contributed by atoms with van der Waals surface area (Å²) < 4.78 is 0. The number of H-pyrrole nitrogens is 1. The number of nitrogens with zero attached hydrogens (tertiary/aromatic N) is 2. The molecular formula is C9H9N3. The van der Waals surface area contributed by atoms with Gasteiger partial charge in [0.2, 0.25) is 0 Å². The fraction of sp³-hybridized carbons (Fsp3) is 0.111.